The molecule has 0 bridgehead atoms. The maximum Gasteiger partial charge on any atom is 0.129 e. The van der Waals surface area contributed by atoms with Crippen molar-refractivity contribution in [1.82, 2.24) is 15.8 Å². The SMILES string of the molecule is COc1ccc(CN2CCCC(C3NNCC3c3ccc(F)cc3F)C2)cc1. The van der Waals surface area contributed by atoms with Crippen LogP contribution < -0.4 is 15.6 Å². The topological polar surface area (TPSA) is 36.5 Å². The number of hydrazine groups is 1. The number of nitrogens with one attached hydrogen (secondary N) is 2. The molecule has 3 unspecified atom stereocenters. The fourth-order valence-electron chi connectivity index (χ4n) is 4.58. The average molecular weight is 387 g/mol. The van der Waals surface area contributed by atoms with Crippen LogP contribution >= 0.6 is 0 Å². The molecule has 2 aromatic rings. The molecule has 0 aromatic heterocycles. The lowest BCUT2D eigenvalue weighted by atomic mass is 9.81. The van der Waals surface area contributed by atoms with Crippen molar-refractivity contribution in [2.45, 2.75) is 31.3 Å². The van der Waals surface area contributed by atoms with Crippen molar-refractivity contribution in [2.75, 3.05) is 26.7 Å². The standard InChI is InChI=1S/C22H27F2N3O/c1-28-18-7-4-15(5-8-18)13-27-10-2-3-16(14-27)22-20(12-25-26-22)19-9-6-17(23)11-21(19)24/h4-9,11,16,20,22,25-26H,2-3,10,12-14H2,1H3. The van der Waals surface area contributed by atoms with Gasteiger partial charge in [-0.1, -0.05) is 18.2 Å². The zero-order valence-corrected chi connectivity index (χ0v) is 16.1. The second kappa shape index (κ2) is 8.55. The molecule has 2 N–H and O–H groups in total. The molecule has 2 saturated heterocycles. The smallest absolute Gasteiger partial charge is 0.129 e. The second-order valence-corrected chi connectivity index (χ2v) is 7.81. The first-order chi connectivity index (χ1) is 13.6. The summed E-state index contributed by atoms with van der Waals surface area (Å²) in [6.07, 6.45) is 2.23. The highest BCUT2D eigenvalue weighted by molar-refractivity contribution is 5.28. The molecule has 6 heteroatoms. The van der Waals surface area contributed by atoms with E-state index < -0.39 is 11.6 Å². The number of hydrogen-bond acceptors (Lipinski definition) is 4. The van der Waals surface area contributed by atoms with E-state index >= 15 is 0 Å². The maximum absolute atomic E-state index is 14.4. The van der Waals surface area contributed by atoms with Gasteiger partial charge in [0.2, 0.25) is 0 Å². The minimum Gasteiger partial charge on any atom is -0.497 e. The van der Waals surface area contributed by atoms with Crippen molar-refractivity contribution < 1.29 is 13.5 Å². The summed E-state index contributed by atoms with van der Waals surface area (Å²) in [4.78, 5) is 2.47. The molecule has 150 valence electrons. The van der Waals surface area contributed by atoms with Crippen molar-refractivity contribution in [3.63, 3.8) is 0 Å². The van der Waals surface area contributed by atoms with Crippen LogP contribution in [0.3, 0.4) is 0 Å². The Hall–Kier alpha value is -2.02. The number of nitrogens with zero attached hydrogens (tertiary/aromatic N) is 1. The van der Waals surface area contributed by atoms with Gasteiger partial charge in [-0.25, -0.2) is 8.78 Å². The van der Waals surface area contributed by atoms with Crippen LogP contribution in [-0.4, -0.2) is 37.7 Å². The van der Waals surface area contributed by atoms with Crippen LogP contribution in [0, 0.1) is 17.6 Å². The van der Waals surface area contributed by atoms with E-state index in [0.717, 1.165) is 44.3 Å². The number of ether oxygens (including phenoxy) is 1. The number of methoxy groups -OCH3 is 1. The highest BCUT2D eigenvalue weighted by atomic mass is 19.1. The molecule has 3 atom stereocenters. The van der Waals surface area contributed by atoms with Gasteiger partial charge >= 0.3 is 0 Å². The van der Waals surface area contributed by atoms with Crippen LogP contribution in [0.4, 0.5) is 8.78 Å². The summed E-state index contributed by atoms with van der Waals surface area (Å²) in [5.41, 5.74) is 8.41. The van der Waals surface area contributed by atoms with Gasteiger partial charge in [0, 0.05) is 37.7 Å². The molecule has 0 amide bonds. The van der Waals surface area contributed by atoms with Crippen molar-refractivity contribution in [2.24, 2.45) is 5.92 Å². The highest BCUT2D eigenvalue weighted by Crippen LogP contribution is 2.33. The Labute approximate surface area is 164 Å². The third kappa shape index (κ3) is 4.19. The van der Waals surface area contributed by atoms with E-state index in [4.69, 9.17) is 4.74 Å². The van der Waals surface area contributed by atoms with E-state index in [1.54, 1.807) is 13.2 Å². The summed E-state index contributed by atoms with van der Waals surface area (Å²) in [5, 5.41) is 0. The minimum atomic E-state index is -0.528. The van der Waals surface area contributed by atoms with E-state index in [1.165, 1.54) is 11.6 Å². The summed E-state index contributed by atoms with van der Waals surface area (Å²) >= 11 is 0. The summed E-state index contributed by atoms with van der Waals surface area (Å²) in [5.74, 6) is 0.306. The summed E-state index contributed by atoms with van der Waals surface area (Å²) < 4.78 is 32.9. The number of hydrogen-bond donors (Lipinski definition) is 2. The van der Waals surface area contributed by atoms with Crippen LogP contribution in [0.1, 0.15) is 29.9 Å². The number of halogens is 2. The zero-order valence-electron chi connectivity index (χ0n) is 16.1. The van der Waals surface area contributed by atoms with Crippen molar-refractivity contribution >= 4 is 0 Å². The van der Waals surface area contributed by atoms with Crippen molar-refractivity contribution in [3.8, 4) is 5.75 Å². The largest absolute Gasteiger partial charge is 0.497 e. The summed E-state index contributed by atoms with van der Waals surface area (Å²) in [6, 6.07) is 12.3. The molecule has 28 heavy (non-hydrogen) atoms. The maximum atomic E-state index is 14.4. The fourth-order valence-corrected chi connectivity index (χ4v) is 4.58. The van der Waals surface area contributed by atoms with E-state index in [1.807, 2.05) is 12.1 Å². The molecule has 2 aliphatic rings. The van der Waals surface area contributed by atoms with E-state index in [0.29, 0.717) is 18.0 Å². The molecule has 2 aliphatic heterocycles. The Kier molecular flexibility index (Phi) is 5.90. The molecule has 0 saturated carbocycles. The van der Waals surface area contributed by atoms with Crippen LogP contribution in [0.5, 0.6) is 5.75 Å². The van der Waals surface area contributed by atoms with Crippen LogP contribution in [0.25, 0.3) is 0 Å². The molecule has 0 radical (unpaired) electrons. The van der Waals surface area contributed by atoms with Gasteiger partial charge in [-0.3, -0.25) is 15.8 Å². The first-order valence-corrected chi connectivity index (χ1v) is 9.92. The average Bonchev–Trinajstić information content (AvgIpc) is 3.18. The van der Waals surface area contributed by atoms with Crippen LogP contribution in [0.2, 0.25) is 0 Å². The second-order valence-electron chi connectivity index (χ2n) is 7.81. The van der Waals surface area contributed by atoms with Gasteiger partial charge in [0.05, 0.1) is 7.11 Å². The molecule has 4 rings (SSSR count). The third-order valence-electron chi connectivity index (χ3n) is 6.00. The van der Waals surface area contributed by atoms with E-state index in [-0.39, 0.29) is 12.0 Å². The van der Waals surface area contributed by atoms with E-state index in [2.05, 4.69) is 27.9 Å². The van der Waals surface area contributed by atoms with Crippen molar-refractivity contribution in [1.29, 1.82) is 0 Å². The van der Waals surface area contributed by atoms with Crippen molar-refractivity contribution in [3.05, 3.63) is 65.2 Å². The van der Waals surface area contributed by atoms with Gasteiger partial charge in [0.15, 0.2) is 0 Å². The van der Waals surface area contributed by atoms with Gasteiger partial charge in [-0.05, 0) is 54.6 Å². The predicted octanol–water partition coefficient (Wildman–Crippen LogP) is 3.45. The number of rotatable bonds is 5. The lowest BCUT2D eigenvalue weighted by molar-refractivity contribution is 0.139. The lowest BCUT2D eigenvalue weighted by Gasteiger charge is -2.37. The van der Waals surface area contributed by atoms with Gasteiger partial charge in [0.1, 0.15) is 17.4 Å². The summed E-state index contributed by atoms with van der Waals surface area (Å²) in [6.45, 7) is 3.58. The quantitative estimate of drug-likeness (QED) is 0.824. The predicted molar refractivity (Wildman–Crippen MR) is 105 cm³/mol. The van der Waals surface area contributed by atoms with Crippen LogP contribution in [-0.2, 0) is 6.54 Å². The Balaban J connectivity index is 1.44. The van der Waals surface area contributed by atoms with Gasteiger partial charge in [-0.15, -0.1) is 0 Å². The molecule has 0 spiro atoms. The molecular weight excluding hydrogens is 360 g/mol. The first kappa shape index (κ1) is 19.3. The molecule has 4 nitrogen and oxygen atoms in total. The fraction of sp³-hybridized carbons (Fsp3) is 0.455. The Bertz CT molecular complexity index is 799. The first-order valence-electron chi connectivity index (χ1n) is 9.92. The monoisotopic (exact) mass is 387 g/mol. The van der Waals surface area contributed by atoms with E-state index in [9.17, 15) is 8.78 Å². The molecule has 2 fully saturated rings. The molecule has 2 heterocycles. The molecule has 2 aromatic carbocycles. The van der Waals surface area contributed by atoms with Gasteiger partial charge < -0.3 is 4.74 Å². The number of benzene rings is 2. The van der Waals surface area contributed by atoms with Crippen LogP contribution in [0.15, 0.2) is 42.5 Å². The highest BCUT2D eigenvalue weighted by Gasteiger charge is 2.37. The summed E-state index contributed by atoms with van der Waals surface area (Å²) in [7, 11) is 1.67. The zero-order chi connectivity index (χ0) is 19.5. The Morgan fingerprint density at radius 3 is 2.71 bits per heavy atom. The molecular formula is C22H27F2N3O. The normalized spacial score (nSPS) is 25.8. The van der Waals surface area contributed by atoms with Gasteiger partial charge in [0.25, 0.3) is 0 Å². The Morgan fingerprint density at radius 1 is 1.14 bits per heavy atom. The number of likely N-dealkylation sites (tertiary alicyclic amines) is 1. The Morgan fingerprint density at radius 2 is 1.96 bits per heavy atom. The number of piperidine rings is 1. The van der Waals surface area contributed by atoms with Gasteiger partial charge in [-0.2, -0.15) is 0 Å². The minimum absolute atomic E-state index is 0.00605. The molecule has 0 aliphatic carbocycles. The third-order valence-corrected chi connectivity index (χ3v) is 6.00. The lowest BCUT2D eigenvalue weighted by Crippen LogP contribution is -2.46.